The topological polar surface area (TPSA) is 21.3 Å². The zero-order valence-corrected chi connectivity index (χ0v) is 13.3. The summed E-state index contributed by atoms with van der Waals surface area (Å²) in [7, 11) is 2.01. The molecule has 19 heavy (non-hydrogen) atoms. The number of rotatable bonds is 7. The van der Waals surface area contributed by atoms with Gasteiger partial charge in [-0.1, -0.05) is 46.2 Å². The molecule has 2 heteroatoms. The molecule has 2 nitrogen and oxygen atoms in total. The highest BCUT2D eigenvalue weighted by atomic mass is 16.5. The van der Waals surface area contributed by atoms with Crippen molar-refractivity contribution in [3.8, 4) is 5.75 Å². The molecule has 0 amide bonds. The van der Waals surface area contributed by atoms with E-state index < -0.39 is 0 Å². The normalized spacial score (nSPS) is 14.5. The van der Waals surface area contributed by atoms with Gasteiger partial charge < -0.3 is 10.1 Å². The van der Waals surface area contributed by atoms with Gasteiger partial charge in [0.1, 0.15) is 12.4 Å². The lowest BCUT2D eigenvalue weighted by atomic mass is 10.00. The molecule has 1 rings (SSSR count). The largest absolute Gasteiger partial charge is 0.492 e. The van der Waals surface area contributed by atoms with Gasteiger partial charge in [0.2, 0.25) is 0 Å². The average Bonchev–Trinajstić information content (AvgIpc) is 2.40. The van der Waals surface area contributed by atoms with Gasteiger partial charge in [-0.2, -0.15) is 0 Å². The molecule has 0 aromatic heterocycles. The highest BCUT2D eigenvalue weighted by Crippen LogP contribution is 2.24. The van der Waals surface area contributed by atoms with Crippen LogP contribution in [0.4, 0.5) is 0 Å². The van der Waals surface area contributed by atoms with Crippen LogP contribution in [0.1, 0.15) is 51.2 Å². The first-order valence-electron chi connectivity index (χ1n) is 7.40. The van der Waals surface area contributed by atoms with Gasteiger partial charge in [-0.25, -0.2) is 0 Å². The first-order chi connectivity index (χ1) is 8.99. The van der Waals surface area contributed by atoms with Crippen LogP contribution < -0.4 is 10.1 Å². The molecule has 0 heterocycles. The molecule has 1 aromatic carbocycles. The highest BCUT2D eigenvalue weighted by Gasteiger charge is 2.15. The highest BCUT2D eigenvalue weighted by molar-refractivity contribution is 5.37. The van der Waals surface area contributed by atoms with Gasteiger partial charge in [-0.05, 0) is 43.0 Å². The Balaban J connectivity index is 2.73. The molecule has 0 saturated heterocycles. The van der Waals surface area contributed by atoms with Crippen molar-refractivity contribution >= 4 is 0 Å². The third kappa shape index (κ3) is 4.54. The fourth-order valence-electron chi connectivity index (χ4n) is 2.13. The van der Waals surface area contributed by atoms with Crippen molar-refractivity contribution in [2.75, 3.05) is 13.7 Å². The molecule has 0 spiro atoms. The van der Waals surface area contributed by atoms with Crippen molar-refractivity contribution in [1.29, 1.82) is 0 Å². The van der Waals surface area contributed by atoms with Gasteiger partial charge in [0.25, 0.3) is 0 Å². The second-order valence-corrected chi connectivity index (χ2v) is 5.77. The van der Waals surface area contributed by atoms with E-state index in [0.29, 0.717) is 17.9 Å². The maximum absolute atomic E-state index is 6.04. The molecule has 0 fully saturated rings. The Morgan fingerprint density at radius 2 is 1.89 bits per heavy atom. The zero-order valence-electron chi connectivity index (χ0n) is 13.3. The quantitative estimate of drug-likeness (QED) is 0.798. The van der Waals surface area contributed by atoms with Crippen molar-refractivity contribution in [2.45, 2.75) is 53.0 Å². The number of ether oxygens (including phenoxy) is 1. The summed E-state index contributed by atoms with van der Waals surface area (Å²) in [6, 6.07) is 6.94. The van der Waals surface area contributed by atoms with E-state index >= 15 is 0 Å². The smallest absolute Gasteiger partial charge is 0.122 e. The fraction of sp³-hybridized carbons (Fsp3) is 0.647. The van der Waals surface area contributed by atoms with E-state index in [1.54, 1.807) is 0 Å². The monoisotopic (exact) mass is 263 g/mol. The zero-order chi connectivity index (χ0) is 14.4. The molecule has 1 N–H and O–H groups in total. The van der Waals surface area contributed by atoms with Gasteiger partial charge in [-0.3, -0.25) is 0 Å². The van der Waals surface area contributed by atoms with E-state index in [4.69, 9.17) is 4.74 Å². The number of likely N-dealkylation sites (N-methyl/N-ethyl adjacent to an activating group) is 1. The molecule has 0 aliphatic carbocycles. The van der Waals surface area contributed by atoms with E-state index in [-0.39, 0.29) is 0 Å². The summed E-state index contributed by atoms with van der Waals surface area (Å²) in [5, 5.41) is 3.35. The Kier molecular flexibility index (Phi) is 6.36. The van der Waals surface area contributed by atoms with Crippen LogP contribution in [0.3, 0.4) is 0 Å². The second kappa shape index (κ2) is 7.54. The molecule has 2 unspecified atom stereocenters. The number of hydrogen-bond donors (Lipinski definition) is 1. The van der Waals surface area contributed by atoms with Crippen LogP contribution in [0, 0.1) is 12.8 Å². The summed E-state index contributed by atoms with van der Waals surface area (Å²) in [6.45, 7) is 11.8. The summed E-state index contributed by atoms with van der Waals surface area (Å²) in [4.78, 5) is 0. The fourth-order valence-corrected chi connectivity index (χ4v) is 2.13. The minimum absolute atomic E-state index is 0.409. The van der Waals surface area contributed by atoms with Gasteiger partial charge >= 0.3 is 0 Å². The molecule has 108 valence electrons. The van der Waals surface area contributed by atoms with E-state index in [0.717, 1.165) is 12.4 Å². The van der Waals surface area contributed by atoms with Crippen LogP contribution in [0.2, 0.25) is 0 Å². The molecular weight excluding hydrogens is 234 g/mol. The first kappa shape index (κ1) is 16.0. The minimum Gasteiger partial charge on any atom is -0.492 e. The molecule has 0 saturated carbocycles. The molecule has 2 atom stereocenters. The first-order valence-corrected chi connectivity index (χ1v) is 7.40. The van der Waals surface area contributed by atoms with Crippen LogP contribution in [-0.4, -0.2) is 19.7 Å². The van der Waals surface area contributed by atoms with E-state index in [1.807, 2.05) is 7.05 Å². The number of aryl methyl sites for hydroxylation is 1. The van der Waals surface area contributed by atoms with E-state index in [9.17, 15) is 0 Å². The van der Waals surface area contributed by atoms with Crippen molar-refractivity contribution in [1.82, 2.24) is 5.32 Å². The predicted octanol–water partition coefficient (Wildman–Crippen LogP) is 4.13. The second-order valence-electron chi connectivity index (χ2n) is 5.77. The van der Waals surface area contributed by atoms with Crippen molar-refractivity contribution in [2.24, 2.45) is 5.92 Å². The molecule has 0 radical (unpaired) electrons. The molecule has 0 bridgehead atoms. The Morgan fingerprint density at radius 3 is 2.42 bits per heavy atom. The lowest BCUT2D eigenvalue weighted by Crippen LogP contribution is -2.37. The number of hydrogen-bond acceptors (Lipinski definition) is 2. The van der Waals surface area contributed by atoms with E-state index in [1.165, 1.54) is 17.5 Å². The number of nitrogens with one attached hydrogen (secondary N) is 1. The molecule has 0 aliphatic rings. The third-order valence-electron chi connectivity index (χ3n) is 4.00. The summed E-state index contributed by atoms with van der Waals surface area (Å²) >= 11 is 0. The SMILES string of the molecule is CCC(C)C(COc1cc(C(C)C)ccc1C)NC. The maximum Gasteiger partial charge on any atom is 0.122 e. The van der Waals surface area contributed by atoms with Gasteiger partial charge in [-0.15, -0.1) is 0 Å². The predicted molar refractivity (Wildman–Crippen MR) is 83.1 cm³/mol. The van der Waals surface area contributed by atoms with Crippen molar-refractivity contribution in [3.63, 3.8) is 0 Å². The Morgan fingerprint density at radius 1 is 1.21 bits per heavy atom. The maximum atomic E-state index is 6.04. The molecular formula is C17H29NO. The van der Waals surface area contributed by atoms with Crippen molar-refractivity contribution < 1.29 is 4.74 Å². The summed E-state index contributed by atoms with van der Waals surface area (Å²) in [5.74, 6) is 2.19. The number of benzene rings is 1. The van der Waals surface area contributed by atoms with Crippen LogP contribution in [-0.2, 0) is 0 Å². The lowest BCUT2D eigenvalue weighted by molar-refractivity contribution is 0.227. The van der Waals surface area contributed by atoms with Crippen LogP contribution in [0.5, 0.6) is 5.75 Å². The van der Waals surface area contributed by atoms with Crippen LogP contribution in [0.25, 0.3) is 0 Å². The van der Waals surface area contributed by atoms with Crippen molar-refractivity contribution in [3.05, 3.63) is 29.3 Å². The molecule has 1 aromatic rings. The summed E-state index contributed by atoms with van der Waals surface area (Å²) in [6.07, 6.45) is 1.17. The van der Waals surface area contributed by atoms with Gasteiger partial charge in [0, 0.05) is 6.04 Å². The average molecular weight is 263 g/mol. The third-order valence-corrected chi connectivity index (χ3v) is 4.00. The Labute approximate surface area is 118 Å². The van der Waals surface area contributed by atoms with E-state index in [2.05, 4.69) is 58.1 Å². The van der Waals surface area contributed by atoms with Crippen LogP contribution >= 0.6 is 0 Å². The van der Waals surface area contributed by atoms with Gasteiger partial charge in [0.15, 0.2) is 0 Å². The minimum atomic E-state index is 0.409. The summed E-state index contributed by atoms with van der Waals surface area (Å²) < 4.78 is 6.04. The van der Waals surface area contributed by atoms with Crippen LogP contribution in [0.15, 0.2) is 18.2 Å². The summed E-state index contributed by atoms with van der Waals surface area (Å²) in [5.41, 5.74) is 2.55. The Hall–Kier alpha value is -1.02. The molecule has 0 aliphatic heterocycles. The standard InChI is InChI=1S/C17H29NO/c1-7-13(4)16(18-6)11-19-17-10-15(12(2)3)9-8-14(17)5/h8-10,12-13,16,18H,7,11H2,1-6H3. The lowest BCUT2D eigenvalue weighted by Gasteiger charge is -2.23. The van der Waals surface area contributed by atoms with Gasteiger partial charge in [0.05, 0.1) is 0 Å². The Bertz CT molecular complexity index is 387.